The van der Waals surface area contributed by atoms with Crippen LogP contribution in [0.2, 0.25) is 0 Å². The molecule has 19 heavy (non-hydrogen) atoms. The molecule has 0 aliphatic heterocycles. The highest BCUT2D eigenvalue weighted by molar-refractivity contribution is 7.10. The Morgan fingerprint density at radius 1 is 1.42 bits per heavy atom. The molecule has 2 heterocycles. The summed E-state index contributed by atoms with van der Waals surface area (Å²) in [4.78, 5) is 28.5. The van der Waals surface area contributed by atoms with Gasteiger partial charge in [0.1, 0.15) is 5.69 Å². The number of nitrogens with zero attached hydrogens (tertiary/aromatic N) is 2. The number of nitrogens with one attached hydrogen (secondary N) is 1. The first-order valence-corrected chi connectivity index (χ1v) is 6.78. The van der Waals surface area contributed by atoms with Gasteiger partial charge in [0.2, 0.25) is 5.56 Å². The summed E-state index contributed by atoms with van der Waals surface area (Å²) < 4.78 is 1.42. The van der Waals surface area contributed by atoms with Gasteiger partial charge in [0, 0.05) is 24.2 Å². The van der Waals surface area contributed by atoms with Gasteiger partial charge < -0.3 is 9.88 Å². The second-order valence-electron chi connectivity index (χ2n) is 4.54. The number of aryl methyl sites for hydroxylation is 1. The molecule has 1 N–H and O–H groups in total. The third-order valence-electron chi connectivity index (χ3n) is 2.68. The van der Waals surface area contributed by atoms with Gasteiger partial charge in [-0.1, -0.05) is 13.8 Å². The largest absolute Gasteiger partial charge is 0.319 e. The first kappa shape index (κ1) is 13.5. The number of carbonyl (C=O) groups is 1. The zero-order valence-corrected chi connectivity index (χ0v) is 11.8. The van der Waals surface area contributed by atoms with Crippen molar-refractivity contribution in [3.05, 3.63) is 44.8 Å². The number of carbonyl (C=O) groups excluding carboxylic acids is 1. The number of pyridine rings is 1. The van der Waals surface area contributed by atoms with Crippen LogP contribution in [0.5, 0.6) is 0 Å². The first-order valence-electron chi connectivity index (χ1n) is 5.90. The van der Waals surface area contributed by atoms with E-state index in [-0.39, 0.29) is 17.4 Å². The summed E-state index contributed by atoms with van der Waals surface area (Å²) in [6, 6.07) is 3.00. The Labute approximate surface area is 114 Å². The number of hydrogen-bond acceptors (Lipinski definition) is 4. The maximum absolute atomic E-state index is 12.1. The maximum atomic E-state index is 12.1. The Balaban J connectivity index is 2.23. The van der Waals surface area contributed by atoms with Crippen molar-refractivity contribution >= 4 is 22.9 Å². The molecular weight excluding hydrogens is 262 g/mol. The highest BCUT2D eigenvalue weighted by atomic mass is 32.1. The lowest BCUT2D eigenvalue weighted by Gasteiger charge is -2.07. The van der Waals surface area contributed by atoms with Crippen LogP contribution in [0.15, 0.2) is 28.6 Å². The van der Waals surface area contributed by atoms with Crippen LogP contribution < -0.4 is 10.9 Å². The van der Waals surface area contributed by atoms with Crippen molar-refractivity contribution in [1.29, 1.82) is 0 Å². The molecule has 6 heteroatoms. The molecule has 0 saturated carbocycles. The quantitative estimate of drug-likeness (QED) is 0.935. The van der Waals surface area contributed by atoms with Gasteiger partial charge in [0.25, 0.3) is 5.91 Å². The molecule has 100 valence electrons. The number of aromatic nitrogens is 2. The monoisotopic (exact) mass is 277 g/mol. The molecule has 0 radical (unpaired) electrons. The molecule has 0 saturated heterocycles. The fourth-order valence-electron chi connectivity index (χ4n) is 1.69. The van der Waals surface area contributed by atoms with Crippen molar-refractivity contribution in [2.24, 2.45) is 7.05 Å². The van der Waals surface area contributed by atoms with E-state index in [1.54, 1.807) is 24.8 Å². The molecule has 0 unspecified atom stereocenters. The Hall–Kier alpha value is -1.95. The summed E-state index contributed by atoms with van der Waals surface area (Å²) in [6.45, 7) is 4.05. The maximum Gasteiger partial charge on any atom is 0.275 e. The van der Waals surface area contributed by atoms with Crippen molar-refractivity contribution in [2.75, 3.05) is 5.32 Å². The van der Waals surface area contributed by atoms with Gasteiger partial charge in [0.15, 0.2) is 0 Å². The van der Waals surface area contributed by atoms with E-state index in [0.717, 1.165) is 4.88 Å². The van der Waals surface area contributed by atoms with Crippen LogP contribution in [0, 0.1) is 0 Å². The third kappa shape index (κ3) is 2.90. The zero-order chi connectivity index (χ0) is 14.0. The summed E-state index contributed by atoms with van der Waals surface area (Å²) in [5.41, 5.74) is 2.59. The Morgan fingerprint density at radius 2 is 2.16 bits per heavy atom. The van der Waals surface area contributed by atoms with Gasteiger partial charge >= 0.3 is 0 Å². The summed E-state index contributed by atoms with van der Waals surface area (Å²) in [5.74, 6) is 0.0111. The molecule has 1 amide bonds. The molecule has 2 aromatic rings. The van der Waals surface area contributed by atoms with Crippen LogP contribution in [0.4, 0.5) is 5.69 Å². The number of anilines is 1. The first-order chi connectivity index (χ1) is 8.99. The molecule has 0 spiro atoms. The van der Waals surface area contributed by atoms with Crippen molar-refractivity contribution in [2.45, 2.75) is 19.8 Å². The van der Waals surface area contributed by atoms with Gasteiger partial charge in [-0.05, 0) is 12.0 Å². The lowest BCUT2D eigenvalue weighted by Crippen LogP contribution is -2.19. The summed E-state index contributed by atoms with van der Waals surface area (Å²) >= 11 is 1.47. The highest BCUT2D eigenvalue weighted by Gasteiger charge is 2.17. The van der Waals surface area contributed by atoms with E-state index in [0.29, 0.717) is 11.4 Å². The van der Waals surface area contributed by atoms with Gasteiger partial charge in [-0.25, -0.2) is 4.98 Å². The van der Waals surface area contributed by atoms with Crippen LogP contribution in [-0.2, 0) is 7.05 Å². The Bertz CT molecular complexity index is 658. The van der Waals surface area contributed by atoms with Gasteiger partial charge in [-0.3, -0.25) is 9.59 Å². The van der Waals surface area contributed by atoms with E-state index in [4.69, 9.17) is 0 Å². The van der Waals surface area contributed by atoms with Crippen LogP contribution in [-0.4, -0.2) is 15.5 Å². The predicted molar refractivity (Wildman–Crippen MR) is 75.8 cm³/mol. The minimum Gasteiger partial charge on any atom is -0.319 e. The van der Waals surface area contributed by atoms with Crippen molar-refractivity contribution in [3.8, 4) is 0 Å². The van der Waals surface area contributed by atoms with Crippen molar-refractivity contribution in [3.63, 3.8) is 0 Å². The minimum atomic E-state index is -0.247. The van der Waals surface area contributed by atoms with Crippen LogP contribution in [0.3, 0.4) is 0 Å². The molecule has 0 fully saturated rings. The van der Waals surface area contributed by atoms with E-state index in [1.165, 1.54) is 22.0 Å². The average Bonchev–Trinajstić information content (AvgIpc) is 2.83. The lowest BCUT2D eigenvalue weighted by atomic mass is 10.1. The van der Waals surface area contributed by atoms with Gasteiger partial charge in [-0.15, -0.1) is 11.3 Å². The highest BCUT2D eigenvalue weighted by Crippen LogP contribution is 2.23. The second kappa shape index (κ2) is 5.36. The minimum absolute atomic E-state index is 0.116. The number of rotatable bonds is 3. The van der Waals surface area contributed by atoms with E-state index < -0.39 is 0 Å². The molecule has 0 atom stereocenters. The van der Waals surface area contributed by atoms with Gasteiger partial charge in [0.05, 0.1) is 11.2 Å². The third-order valence-corrected chi connectivity index (χ3v) is 3.81. The number of hydrogen-bond donors (Lipinski definition) is 1. The molecule has 0 aliphatic rings. The molecule has 2 rings (SSSR count). The van der Waals surface area contributed by atoms with Crippen LogP contribution >= 0.6 is 11.3 Å². The fourth-order valence-corrected chi connectivity index (χ4v) is 2.49. The normalized spacial score (nSPS) is 10.7. The Morgan fingerprint density at radius 3 is 2.79 bits per heavy atom. The van der Waals surface area contributed by atoms with E-state index in [2.05, 4.69) is 10.3 Å². The molecule has 0 aromatic carbocycles. The molecule has 0 aliphatic carbocycles. The lowest BCUT2D eigenvalue weighted by molar-refractivity contribution is 0.102. The topological polar surface area (TPSA) is 64.0 Å². The molecule has 5 nitrogen and oxygen atoms in total. The standard InChI is InChI=1S/C13H15N3O2S/c1-8(2)12-11(14-7-19-12)13(18)15-9-4-5-10(17)16(3)6-9/h4-8H,1-3H3,(H,15,18). The van der Waals surface area contributed by atoms with E-state index in [9.17, 15) is 9.59 Å². The van der Waals surface area contributed by atoms with E-state index in [1.807, 2.05) is 13.8 Å². The molecular formula is C13H15N3O2S. The number of amides is 1. The summed E-state index contributed by atoms with van der Waals surface area (Å²) in [7, 11) is 1.64. The van der Waals surface area contributed by atoms with Crippen LogP contribution in [0.1, 0.15) is 35.1 Å². The average molecular weight is 277 g/mol. The van der Waals surface area contributed by atoms with Crippen LogP contribution in [0.25, 0.3) is 0 Å². The SMILES string of the molecule is CC(C)c1scnc1C(=O)Nc1ccc(=O)n(C)c1. The molecule has 2 aromatic heterocycles. The summed E-state index contributed by atoms with van der Waals surface area (Å²) in [6.07, 6.45) is 1.58. The summed E-state index contributed by atoms with van der Waals surface area (Å²) in [5, 5.41) is 2.75. The predicted octanol–water partition coefficient (Wildman–Crippen LogP) is 2.22. The fraction of sp³-hybridized carbons (Fsp3) is 0.308. The van der Waals surface area contributed by atoms with Crippen molar-refractivity contribution < 1.29 is 4.79 Å². The second-order valence-corrected chi connectivity index (χ2v) is 5.43. The Kier molecular flexibility index (Phi) is 3.80. The van der Waals surface area contributed by atoms with E-state index >= 15 is 0 Å². The molecule has 0 bridgehead atoms. The van der Waals surface area contributed by atoms with Gasteiger partial charge in [-0.2, -0.15) is 0 Å². The van der Waals surface area contributed by atoms with Crippen molar-refractivity contribution in [1.82, 2.24) is 9.55 Å². The smallest absolute Gasteiger partial charge is 0.275 e. The number of thiazole rings is 1. The zero-order valence-electron chi connectivity index (χ0n) is 11.0.